The van der Waals surface area contributed by atoms with Crippen molar-refractivity contribution in [3.05, 3.63) is 36.6 Å². The molecular weight excluding hydrogens is 362 g/mol. The second-order valence-corrected chi connectivity index (χ2v) is 6.55. The predicted molar refractivity (Wildman–Crippen MR) is 105 cm³/mol. The fourth-order valence-electron chi connectivity index (χ4n) is 1.36. The summed E-state index contributed by atoms with van der Waals surface area (Å²) in [5.41, 5.74) is 0. The van der Waals surface area contributed by atoms with Crippen LogP contribution in [0.15, 0.2) is 36.6 Å². The first-order valence-electron chi connectivity index (χ1n) is 8.00. The van der Waals surface area contributed by atoms with Gasteiger partial charge in [-0.3, -0.25) is 19.1 Å². The zero-order valence-electron chi connectivity index (χ0n) is 15.6. The van der Waals surface area contributed by atoms with Gasteiger partial charge in [-0.1, -0.05) is 45.6 Å². The number of carbonyl (C=O) groups excluding carboxylic acids is 2. The van der Waals surface area contributed by atoms with E-state index in [-0.39, 0.29) is 17.1 Å². The van der Waals surface area contributed by atoms with E-state index in [1.807, 2.05) is 13.8 Å². The van der Waals surface area contributed by atoms with E-state index >= 15 is 0 Å². The molecule has 1 saturated heterocycles. The average molecular weight is 392 g/mol. The van der Waals surface area contributed by atoms with Gasteiger partial charge in [0.05, 0.1) is 12.4 Å². The summed E-state index contributed by atoms with van der Waals surface area (Å²) in [6, 6.07) is 0. The number of allylic oxidation sites excluding steroid dienone is 5. The Hall–Kier alpha value is -1.38. The average Bonchev–Trinajstić information content (AvgIpc) is 2.93. The molecule has 2 unspecified atom stereocenters. The number of thioether (sulfide) groups is 1. The first-order valence-corrected chi connectivity index (χ1v) is 10.0. The molecule has 8 heteroatoms. The van der Waals surface area contributed by atoms with Crippen LogP contribution in [-0.2, 0) is 29.3 Å². The summed E-state index contributed by atoms with van der Waals surface area (Å²) in [6.07, 6.45) is 8.18. The zero-order valence-corrected chi connectivity index (χ0v) is 17.2. The van der Waals surface area contributed by atoms with E-state index < -0.39 is 11.4 Å². The molecule has 1 fully saturated rings. The van der Waals surface area contributed by atoms with Gasteiger partial charge >= 0.3 is 11.4 Å². The van der Waals surface area contributed by atoms with Crippen molar-refractivity contribution >= 4 is 34.9 Å². The van der Waals surface area contributed by atoms with Crippen molar-refractivity contribution in [3.63, 3.8) is 0 Å². The highest BCUT2D eigenvalue weighted by Gasteiger charge is 2.30. The summed E-state index contributed by atoms with van der Waals surface area (Å²) in [7, 11) is 1.31. The number of amides is 2. The summed E-state index contributed by atoms with van der Waals surface area (Å²) in [5, 5.41) is 2.15. The highest BCUT2D eigenvalue weighted by Crippen LogP contribution is 2.19. The molecule has 1 heterocycles. The third kappa shape index (κ3) is 14.7. The Morgan fingerprint density at radius 3 is 2.48 bits per heavy atom. The maximum Gasteiger partial charge on any atom is 0.359 e. The maximum atomic E-state index is 10.9. The van der Waals surface area contributed by atoms with Crippen molar-refractivity contribution < 1.29 is 22.2 Å². The minimum Gasteiger partial charge on any atom is -0.385 e. The zero-order chi connectivity index (χ0) is 19.7. The van der Waals surface area contributed by atoms with Crippen LogP contribution in [0.25, 0.3) is 0 Å². The first-order chi connectivity index (χ1) is 11.9. The molecule has 1 aliphatic rings. The van der Waals surface area contributed by atoms with Crippen molar-refractivity contribution in [2.75, 3.05) is 12.9 Å². The lowest BCUT2D eigenvalue weighted by atomic mass is 10.4. The topological polar surface area (TPSA) is 81.7 Å². The van der Waals surface area contributed by atoms with E-state index in [9.17, 15) is 13.8 Å². The monoisotopic (exact) mass is 391 g/mol. The molecule has 6 nitrogen and oxygen atoms in total. The van der Waals surface area contributed by atoms with E-state index in [0.717, 1.165) is 12.2 Å². The number of imide groups is 1. The van der Waals surface area contributed by atoms with Crippen molar-refractivity contribution in [2.45, 2.75) is 45.8 Å². The fraction of sp³-hybridized carbons (Fsp3) is 0.529. The Labute approximate surface area is 158 Å². The van der Waals surface area contributed by atoms with Crippen LogP contribution >= 0.6 is 11.8 Å². The van der Waals surface area contributed by atoms with E-state index in [1.54, 1.807) is 43.0 Å². The van der Waals surface area contributed by atoms with Gasteiger partial charge in [-0.25, -0.2) is 0 Å². The van der Waals surface area contributed by atoms with Gasteiger partial charge in [-0.2, -0.15) is 4.21 Å². The number of rotatable bonds is 8. The van der Waals surface area contributed by atoms with Gasteiger partial charge in [-0.15, -0.1) is 11.8 Å². The Morgan fingerprint density at radius 1 is 1.40 bits per heavy atom. The minimum atomic E-state index is -1.69. The minimum absolute atomic E-state index is 0.117. The van der Waals surface area contributed by atoms with Gasteiger partial charge in [0.15, 0.2) is 0 Å². The molecule has 25 heavy (non-hydrogen) atoms. The standard InChI is InChI=1S/C8H12O3S.C7H11NO2S.C2H6/c1-4-5-6-7-8(2)11-12(9)10-3;1-2-3-11-5-4-6(9)8-7(5)10;1-2/h4-7H,1H2,2-3H3;5H,2-4H2,1H3,(H,8,9,10);1-2H3/b6-5-,8-7+;;. The molecule has 0 bridgehead atoms. The molecule has 1 aliphatic heterocycles. The number of carbonyl (C=O) groups is 2. The van der Waals surface area contributed by atoms with Gasteiger partial charge < -0.3 is 4.18 Å². The summed E-state index contributed by atoms with van der Waals surface area (Å²) in [5.74, 6) is 1.22. The van der Waals surface area contributed by atoms with Gasteiger partial charge in [0.1, 0.15) is 5.76 Å². The Morgan fingerprint density at radius 2 is 2.04 bits per heavy atom. The summed E-state index contributed by atoms with van der Waals surface area (Å²) >= 11 is -0.127. The molecule has 2 amide bonds. The molecule has 0 radical (unpaired) electrons. The summed E-state index contributed by atoms with van der Waals surface area (Å²) < 4.78 is 19.8. The van der Waals surface area contributed by atoms with Crippen LogP contribution in [0, 0.1) is 0 Å². The Bertz CT molecular complexity index is 489. The summed E-state index contributed by atoms with van der Waals surface area (Å²) in [6.45, 7) is 11.2. The highest BCUT2D eigenvalue weighted by atomic mass is 32.2. The van der Waals surface area contributed by atoms with Gasteiger partial charge in [-0.05, 0) is 25.2 Å². The van der Waals surface area contributed by atoms with Crippen molar-refractivity contribution in [1.82, 2.24) is 5.32 Å². The smallest absolute Gasteiger partial charge is 0.359 e. The summed E-state index contributed by atoms with van der Waals surface area (Å²) in [4.78, 5) is 21.6. The maximum absolute atomic E-state index is 10.9. The Balaban J connectivity index is 0. The van der Waals surface area contributed by atoms with Crippen LogP contribution in [0.4, 0.5) is 0 Å². The largest absolute Gasteiger partial charge is 0.385 e. The molecule has 0 spiro atoms. The Kier molecular flexibility index (Phi) is 18.0. The van der Waals surface area contributed by atoms with Crippen LogP contribution in [0.2, 0.25) is 0 Å². The number of nitrogens with one attached hydrogen (secondary N) is 1. The lowest BCUT2D eigenvalue weighted by Crippen LogP contribution is -2.23. The van der Waals surface area contributed by atoms with E-state index in [0.29, 0.717) is 12.2 Å². The van der Waals surface area contributed by atoms with E-state index in [1.165, 1.54) is 7.11 Å². The lowest BCUT2D eigenvalue weighted by molar-refractivity contribution is -0.124. The van der Waals surface area contributed by atoms with Gasteiger partial charge in [0.25, 0.3) is 0 Å². The van der Waals surface area contributed by atoms with E-state index in [4.69, 9.17) is 4.18 Å². The second kappa shape index (κ2) is 17.4. The molecular formula is C17H29NO5S2. The lowest BCUT2D eigenvalue weighted by Gasteiger charge is -2.02. The molecule has 2 atom stereocenters. The third-order valence-electron chi connectivity index (χ3n) is 2.36. The molecule has 1 N–H and O–H groups in total. The predicted octanol–water partition coefficient (Wildman–Crippen LogP) is 3.45. The van der Waals surface area contributed by atoms with Crippen molar-refractivity contribution in [1.29, 1.82) is 0 Å². The normalized spacial score (nSPS) is 17.8. The molecule has 0 aromatic carbocycles. The van der Waals surface area contributed by atoms with Crippen LogP contribution in [-0.4, -0.2) is 34.1 Å². The van der Waals surface area contributed by atoms with Gasteiger partial charge in [0, 0.05) is 6.42 Å². The van der Waals surface area contributed by atoms with Gasteiger partial charge in [0.2, 0.25) is 11.8 Å². The molecule has 0 aliphatic carbocycles. The van der Waals surface area contributed by atoms with Crippen molar-refractivity contribution in [2.24, 2.45) is 0 Å². The van der Waals surface area contributed by atoms with Crippen molar-refractivity contribution in [3.8, 4) is 0 Å². The quantitative estimate of drug-likeness (QED) is 0.388. The fourth-order valence-corrected chi connectivity index (χ4v) is 2.70. The first kappa shape index (κ1) is 25.9. The number of hydrogen-bond acceptors (Lipinski definition) is 6. The second-order valence-electron chi connectivity index (χ2n) is 4.33. The molecule has 0 saturated carbocycles. The molecule has 1 rings (SSSR count). The molecule has 0 aromatic heterocycles. The highest BCUT2D eigenvalue weighted by molar-refractivity contribution is 8.00. The van der Waals surface area contributed by atoms with Crippen LogP contribution in [0.3, 0.4) is 0 Å². The van der Waals surface area contributed by atoms with Crippen LogP contribution < -0.4 is 5.32 Å². The van der Waals surface area contributed by atoms with Crippen LogP contribution in [0.1, 0.15) is 40.5 Å². The number of hydrogen-bond donors (Lipinski definition) is 1. The molecule has 0 aromatic rings. The van der Waals surface area contributed by atoms with Crippen LogP contribution in [0.5, 0.6) is 0 Å². The molecule has 144 valence electrons. The third-order valence-corrected chi connectivity index (χ3v) is 4.46. The SMILES string of the molecule is C=C/C=C\C=C(/C)OS(=O)OC.CC.CCCSC1CC(=O)NC1=O. The van der Waals surface area contributed by atoms with E-state index in [2.05, 4.69) is 23.0 Å².